The summed E-state index contributed by atoms with van der Waals surface area (Å²) in [4.78, 5) is 43.3. The minimum absolute atomic E-state index is 0.0388. The van der Waals surface area contributed by atoms with E-state index in [1.54, 1.807) is 6.07 Å². The number of hydrogen-bond donors (Lipinski definition) is 0. The molecule has 6 nitrogen and oxygen atoms in total. The van der Waals surface area contributed by atoms with Crippen molar-refractivity contribution in [2.24, 2.45) is 0 Å². The molecule has 0 aliphatic carbocycles. The minimum atomic E-state index is 0.0388. The number of thiophene rings is 1. The van der Waals surface area contributed by atoms with Gasteiger partial charge in [-0.05, 0) is 30.7 Å². The Hall–Kier alpha value is -1.73. The SMILES string of the molecule is O=C(CCC(=O)N1CCN(CC(=O)N2CCCCC2)CC1)c1cccs1. The van der Waals surface area contributed by atoms with Crippen LogP contribution >= 0.6 is 11.3 Å². The fraction of sp³-hybridized carbons (Fsp3) is 0.632. The molecule has 0 bridgehead atoms. The summed E-state index contributed by atoms with van der Waals surface area (Å²) in [6, 6.07) is 3.65. The zero-order valence-corrected chi connectivity index (χ0v) is 16.0. The zero-order chi connectivity index (χ0) is 18.4. The van der Waals surface area contributed by atoms with Crippen molar-refractivity contribution in [3.05, 3.63) is 22.4 Å². The molecule has 3 heterocycles. The first kappa shape index (κ1) is 19.0. The highest BCUT2D eigenvalue weighted by Crippen LogP contribution is 2.14. The Balaban J connectivity index is 1.36. The van der Waals surface area contributed by atoms with Crippen molar-refractivity contribution in [1.29, 1.82) is 0 Å². The van der Waals surface area contributed by atoms with E-state index in [1.807, 2.05) is 21.2 Å². The molecule has 0 radical (unpaired) electrons. The normalized spacial score (nSPS) is 18.8. The molecule has 0 aromatic carbocycles. The van der Waals surface area contributed by atoms with Gasteiger partial charge < -0.3 is 9.80 Å². The quantitative estimate of drug-likeness (QED) is 0.710. The van der Waals surface area contributed by atoms with Gasteiger partial charge in [-0.25, -0.2) is 0 Å². The molecule has 1 aromatic heterocycles. The van der Waals surface area contributed by atoms with Gasteiger partial charge in [-0.1, -0.05) is 6.07 Å². The van der Waals surface area contributed by atoms with Crippen LogP contribution in [0.3, 0.4) is 0 Å². The third kappa shape index (κ3) is 5.14. The van der Waals surface area contributed by atoms with Crippen molar-refractivity contribution in [2.45, 2.75) is 32.1 Å². The van der Waals surface area contributed by atoms with Gasteiger partial charge in [0.15, 0.2) is 5.78 Å². The van der Waals surface area contributed by atoms with E-state index in [2.05, 4.69) is 4.90 Å². The molecular weight excluding hydrogens is 350 g/mol. The summed E-state index contributed by atoms with van der Waals surface area (Å²) in [5.74, 6) is 0.294. The molecule has 2 amide bonds. The van der Waals surface area contributed by atoms with E-state index in [-0.39, 0.29) is 30.4 Å². The van der Waals surface area contributed by atoms with Crippen molar-refractivity contribution < 1.29 is 14.4 Å². The highest BCUT2D eigenvalue weighted by Gasteiger charge is 2.25. The first-order valence-corrected chi connectivity index (χ1v) is 10.4. The fourth-order valence-electron chi connectivity index (χ4n) is 3.53. The summed E-state index contributed by atoms with van der Waals surface area (Å²) in [5.41, 5.74) is 0. The predicted octanol–water partition coefficient (Wildman–Crippen LogP) is 1.87. The Labute approximate surface area is 158 Å². The number of likely N-dealkylation sites (tertiary alicyclic amines) is 1. The van der Waals surface area contributed by atoms with Crippen molar-refractivity contribution in [1.82, 2.24) is 14.7 Å². The van der Waals surface area contributed by atoms with Crippen LogP contribution in [-0.2, 0) is 9.59 Å². The molecule has 3 rings (SSSR count). The molecule has 7 heteroatoms. The van der Waals surface area contributed by atoms with Crippen molar-refractivity contribution in [3.63, 3.8) is 0 Å². The number of piperazine rings is 1. The molecule has 0 atom stereocenters. The van der Waals surface area contributed by atoms with Gasteiger partial charge in [0.2, 0.25) is 11.8 Å². The van der Waals surface area contributed by atoms with Gasteiger partial charge >= 0.3 is 0 Å². The molecular formula is C19H27N3O3S. The maximum absolute atomic E-state index is 12.3. The molecule has 26 heavy (non-hydrogen) atoms. The second-order valence-electron chi connectivity index (χ2n) is 7.00. The Kier molecular flexibility index (Phi) is 6.80. The number of amides is 2. The summed E-state index contributed by atoms with van der Waals surface area (Å²) < 4.78 is 0. The Bertz CT molecular complexity index is 618. The highest BCUT2D eigenvalue weighted by atomic mass is 32.1. The largest absolute Gasteiger partial charge is 0.342 e. The Morgan fingerprint density at radius 3 is 2.19 bits per heavy atom. The summed E-state index contributed by atoms with van der Waals surface area (Å²) >= 11 is 1.42. The zero-order valence-electron chi connectivity index (χ0n) is 15.2. The lowest BCUT2D eigenvalue weighted by Gasteiger charge is -2.36. The smallest absolute Gasteiger partial charge is 0.236 e. The number of ketones is 1. The third-order valence-corrected chi connectivity index (χ3v) is 6.07. The van der Waals surface area contributed by atoms with Crippen LogP contribution < -0.4 is 0 Å². The van der Waals surface area contributed by atoms with Crippen LogP contribution in [0, 0.1) is 0 Å². The molecule has 2 aliphatic heterocycles. The number of Topliss-reactive ketones (excluding diaryl/α,β-unsaturated/α-hetero) is 1. The molecule has 1 aromatic rings. The van der Waals surface area contributed by atoms with Crippen molar-refractivity contribution in [3.8, 4) is 0 Å². The molecule has 2 aliphatic rings. The second-order valence-corrected chi connectivity index (χ2v) is 7.95. The van der Waals surface area contributed by atoms with E-state index >= 15 is 0 Å². The fourth-order valence-corrected chi connectivity index (χ4v) is 4.22. The number of nitrogens with zero attached hydrogens (tertiary/aromatic N) is 3. The van der Waals surface area contributed by atoms with E-state index in [0.717, 1.165) is 43.9 Å². The van der Waals surface area contributed by atoms with Crippen LogP contribution in [0.4, 0.5) is 0 Å². The van der Waals surface area contributed by atoms with Crippen molar-refractivity contribution in [2.75, 3.05) is 45.8 Å². The van der Waals surface area contributed by atoms with Crippen LogP contribution in [0.5, 0.6) is 0 Å². The van der Waals surface area contributed by atoms with Crippen LogP contribution in [0.25, 0.3) is 0 Å². The van der Waals surface area contributed by atoms with Gasteiger partial charge in [-0.3, -0.25) is 19.3 Å². The lowest BCUT2D eigenvalue weighted by atomic mass is 10.1. The molecule has 142 valence electrons. The number of carbonyl (C=O) groups is 3. The van der Waals surface area contributed by atoms with Crippen LogP contribution in [0.15, 0.2) is 17.5 Å². The summed E-state index contributed by atoms with van der Waals surface area (Å²) in [7, 11) is 0. The van der Waals surface area contributed by atoms with E-state index in [1.165, 1.54) is 17.8 Å². The average Bonchev–Trinajstić information content (AvgIpc) is 3.22. The average molecular weight is 378 g/mol. The lowest BCUT2D eigenvalue weighted by molar-refractivity contribution is -0.135. The maximum Gasteiger partial charge on any atom is 0.236 e. The molecule has 0 spiro atoms. The van der Waals surface area contributed by atoms with Crippen molar-refractivity contribution >= 4 is 28.9 Å². The van der Waals surface area contributed by atoms with Crippen LogP contribution in [0.2, 0.25) is 0 Å². The van der Waals surface area contributed by atoms with Gasteiger partial charge in [0.1, 0.15) is 0 Å². The van der Waals surface area contributed by atoms with Gasteiger partial charge in [-0.15, -0.1) is 11.3 Å². The monoisotopic (exact) mass is 377 g/mol. The first-order chi connectivity index (χ1) is 12.6. The number of carbonyl (C=O) groups excluding carboxylic acids is 3. The Morgan fingerprint density at radius 2 is 1.54 bits per heavy atom. The topological polar surface area (TPSA) is 60.9 Å². The van der Waals surface area contributed by atoms with Crippen LogP contribution in [0.1, 0.15) is 41.8 Å². The molecule has 0 unspecified atom stereocenters. The number of piperidine rings is 1. The molecule has 2 fully saturated rings. The number of hydrogen-bond acceptors (Lipinski definition) is 5. The molecule has 0 N–H and O–H groups in total. The first-order valence-electron chi connectivity index (χ1n) is 9.48. The highest BCUT2D eigenvalue weighted by molar-refractivity contribution is 7.12. The van der Waals surface area contributed by atoms with Gasteiger partial charge in [0.05, 0.1) is 11.4 Å². The van der Waals surface area contributed by atoms with Gasteiger partial charge in [-0.2, -0.15) is 0 Å². The molecule has 2 saturated heterocycles. The maximum atomic E-state index is 12.3. The molecule has 0 saturated carbocycles. The predicted molar refractivity (Wildman–Crippen MR) is 101 cm³/mol. The number of rotatable bonds is 6. The van der Waals surface area contributed by atoms with Crippen LogP contribution in [-0.4, -0.2) is 78.1 Å². The van der Waals surface area contributed by atoms with Gasteiger partial charge in [0.25, 0.3) is 0 Å². The third-order valence-electron chi connectivity index (χ3n) is 5.15. The van der Waals surface area contributed by atoms with E-state index in [9.17, 15) is 14.4 Å². The Morgan fingerprint density at radius 1 is 0.846 bits per heavy atom. The van der Waals surface area contributed by atoms with E-state index in [0.29, 0.717) is 19.6 Å². The summed E-state index contributed by atoms with van der Waals surface area (Å²) in [6.07, 6.45) is 3.98. The lowest BCUT2D eigenvalue weighted by Crippen LogP contribution is -2.52. The summed E-state index contributed by atoms with van der Waals surface area (Å²) in [6.45, 7) is 4.96. The minimum Gasteiger partial charge on any atom is -0.342 e. The summed E-state index contributed by atoms with van der Waals surface area (Å²) in [5, 5.41) is 1.87. The van der Waals surface area contributed by atoms with E-state index < -0.39 is 0 Å². The van der Waals surface area contributed by atoms with Gasteiger partial charge in [0, 0.05) is 52.1 Å². The standard InChI is InChI=1S/C19H27N3O3S/c23-16(17-5-4-14-26-17)6-7-18(24)22-12-10-20(11-13-22)15-19(25)21-8-2-1-3-9-21/h4-5,14H,1-3,6-13,15H2. The van der Waals surface area contributed by atoms with E-state index in [4.69, 9.17) is 0 Å². The second kappa shape index (κ2) is 9.28.